The standard InChI is InChI=1S/C25H24FN5O2/c1-16(24(32)28-2)30-25(33)21-10-11-22(20-9-4-3-7-18(20)15-27)31-23(21)29-13-12-17-6-5-8-19(26)14-17/h3-11,14,16H,12-13H2,1-2H3,(H,28,32)(H,29,31)(H,30,33)/t16-/m1/s1. The second-order valence-electron chi connectivity index (χ2n) is 7.37. The summed E-state index contributed by atoms with van der Waals surface area (Å²) >= 11 is 0. The molecular weight excluding hydrogens is 421 g/mol. The van der Waals surface area contributed by atoms with E-state index in [1.807, 2.05) is 6.07 Å². The van der Waals surface area contributed by atoms with Crippen LogP contribution in [0, 0.1) is 17.1 Å². The fourth-order valence-electron chi connectivity index (χ4n) is 3.31. The largest absolute Gasteiger partial charge is 0.369 e. The number of amides is 2. The fraction of sp³-hybridized carbons (Fsp3) is 0.200. The van der Waals surface area contributed by atoms with Crippen LogP contribution in [0.25, 0.3) is 11.3 Å². The number of hydrogen-bond acceptors (Lipinski definition) is 5. The Morgan fingerprint density at radius 2 is 1.91 bits per heavy atom. The molecular formula is C25H24FN5O2. The van der Waals surface area contributed by atoms with Crippen LogP contribution in [0.15, 0.2) is 60.7 Å². The predicted octanol–water partition coefficient (Wildman–Crippen LogP) is 3.28. The number of carbonyl (C=O) groups excluding carboxylic acids is 2. The van der Waals surface area contributed by atoms with Crippen molar-refractivity contribution in [2.75, 3.05) is 18.9 Å². The number of nitrogens with zero attached hydrogens (tertiary/aromatic N) is 2. The Morgan fingerprint density at radius 3 is 2.64 bits per heavy atom. The van der Waals surface area contributed by atoms with Crippen LogP contribution in [0.3, 0.4) is 0 Å². The molecule has 168 valence electrons. The van der Waals surface area contributed by atoms with Crippen LogP contribution >= 0.6 is 0 Å². The van der Waals surface area contributed by atoms with Gasteiger partial charge in [0.2, 0.25) is 5.91 Å². The Hall–Kier alpha value is -4.25. The summed E-state index contributed by atoms with van der Waals surface area (Å²) in [7, 11) is 1.49. The molecule has 3 aromatic rings. The van der Waals surface area contributed by atoms with Gasteiger partial charge in [-0.3, -0.25) is 9.59 Å². The van der Waals surface area contributed by atoms with Crippen molar-refractivity contribution < 1.29 is 14.0 Å². The van der Waals surface area contributed by atoms with Crippen molar-refractivity contribution in [2.45, 2.75) is 19.4 Å². The molecule has 0 spiro atoms. The molecule has 1 atom stereocenters. The van der Waals surface area contributed by atoms with E-state index in [0.717, 1.165) is 5.56 Å². The van der Waals surface area contributed by atoms with E-state index in [2.05, 4.69) is 27.0 Å². The molecule has 7 nitrogen and oxygen atoms in total. The van der Waals surface area contributed by atoms with Gasteiger partial charge in [-0.2, -0.15) is 5.26 Å². The van der Waals surface area contributed by atoms with E-state index in [0.29, 0.717) is 35.6 Å². The van der Waals surface area contributed by atoms with Crippen molar-refractivity contribution >= 4 is 17.6 Å². The van der Waals surface area contributed by atoms with Crippen molar-refractivity contribution in [1.29, 1.82) is 5.26 Å². The molecule has 1 heterocycles. The molecule has 8 heteroatoms. The molecule has 0 bridgehead atoms. The third-order valence-corrected chi connectivity index (χ3v) is 5.05. The Kier molecular flexibility index (Phi) is 7.71. The topological polar surface area (TPSA) is 107 Å². The number of likely N-dealkylation sites (N-methyl/N-ethyl adjacent to an activating group) is 1. The van der Waals surface area contributed by atoms with Crippen LogP contribution in [-0.2, 0) is 11.2 Å². The third kappa shape index (κ3) is 5.92. The lowest BCUT2D eigenvalue weighted by Gasteiger charge is -2.16. The zero-order chi connectivity index (χ0) is 23.8. The molecule has 3 N–H and O–H groups in total. The van der Waals surface area contributed by atoms with Crippen LogP contribution in [0.2, 0.25) is 0 Å². The minimum Gasteiger partial charge on any atom is -0.369 e. The first kappa shape index (κ1) is 23.4. The third-order valence-electron chi connectivity index (χ3n) is 5.05. The minimum absolute atomic E-state index is 0.253. The average molecular weight is 445 g/mol. The van der Waals surface area contributed by atoms with Crippen LogP contribution in [0.1, 0.15) is 28.4 Å². The van der Waals surface area contributed by atoms with E-state index in [-0.39, 0.29) is 17.3 Å². The molecule has 33 heavy (non-hydrogen) atoms. The van der Waals surface area contributed by atoms with Gasteiger partial charge in [-0.25, -0.2) is 9.37 Å². The van der Waals surface area contributed by atoms with Crippen LogP contribution in [0.5, 0.6) is 0 Å². The second-order valence-corrected chi connectivity index (χ2v) is 7.37. The van der Waals surface area contributed by atoms with Gasteiger partial charge in [0.05, 0.1) is 22.9 Å². The molecule has 0 radical (unpaired) electrons. The van der Waals surface area contributed by atoms with Gasteiger partial charge in [0.25, 0.3) is 5.91 Å². The molecule has 2 aromatic carbocycles. The summed E-state index contributed by atoms with van der Waals surface area (Å²) in [6.45, 7) is 1.98. The molecule has 3 rings (SSSR count). The maximum Gasteiger partial charge on any atom is 0.255 e. The minimum atomic E-state index is -0.735. The van der Waals surface area contributed by atoms with E-state index >= 15 is 0 Å². The number of halogens is 1. The van der Waals surface area contributed by atoms with E-state index in [4.69, 9.17) is 0 Å². The van der Waals surface area contributed by atoms with Gasteiger partial charge in [-0.15, -0.1) is 0 Å². The maximum atomic E-state index is 13.5. The average Bonchev–Trinajstić information content (AvgIpc) is 2.83. The summed E-state index contributed by atoms with van der Waals surface area (Å²) in [6.07, 6.45) is 0.508. The van der Waals surface area contributed by atoms with Gasteiger partial charge in [-0.05, 0) is 49.2 Å². The Balaban J connectivity index is 1.90. The first-order valence-electron chi connectivity index (χ1n) is 10.4. The molecule has 0 aliphatic carbocycles. The highest BCUT2D eigenvalue weighted by Gasteiger charge is 2.20. The number of nitriles is 1. The monoisotopic (exact) mass is 445 g/mol. The summed E-state index contributed by atoms with van der Waals surface area (Å²) in [5.41, 5.74) is 2.67. The maximum absolute atomic E-state index is 13.5. The quantitative estimate of drug-likeness (QED) is 0.493. The highest BCUT2D eigenvalue weighted by atomic mass is 19.1. The lowest BCUT2D eigenvalue weighted by atomic mass is 10.0. The second kappa shape index (κ2) is 10.9. The first-order chi connectivity index (χ1) is 15.9. The molecule has 2 amide bonds. The summed E-state index contributed by atoms with van der Waals surface area (Å²) < 4.78 is 13.5. The smallest absolute Gasteiger partial charge is 0.255 e. The number of hydrogen-bond donors (Lipinski definition) is 3. The van der Waals surface area contributed by atoms with E-state index < -0.39 is 11.9 Å². The summed E-state index contributed by atoms with van der Waals surface area (Å²) in [5.74, 6) is -0.800. The predicted molar refractivity (Wildman–Crippen MR) is 124 cm³/mol. The van der Waals surface area contributed by atoms with Crippen molar-refractivity contribution in [1.82, 2.24) is 15.6 Å². The molecule has 0 unspecified atom stereocenters. The van der Waals surface area contributed by atoms with Gasteiger partial charge in [0, 0.05) is 19.2 Å². The van der Waals surface area contributed by atoms with Crippen molar-refractivity contribution in [3.63, 3.8) is 0 Å². The zero-order valence-corrected chi connectivity index (χ0v) is 18.4. The Labute approximate surface area is 191 Å². The van der Waals surface area contributed by atoms with E-state index in [1.54, 1.807) is 49.4 Å². The first-order valence-corrected chi connectivity index (χ1v) is 10.4. The summed E-state index contributed by atoms with van der Waals surface area (Å²) in [4.78, 5) is 29.3. The molecule has 0 saturated carbocycles. The summed E-state index contributed by atoms with van der Waals surface area (Å²) in [6, 6.07) is 18.0. The summed E-state index contributed by atoms with van der Waals surface area (Å²) in [5, 5.41) is 17.7. The van der Waals surface area contributed by atoms with Crippen molar-refractivity contribution in [3.05, 3.63) is 83.2 Å². The zero-order valence-electron chi connectivity index (χ0n) is 18.4. The number of aromatic nitrogens is 1. The van der Waals surface area contributed by atoms with Crippen LogP contribution in [0.4, 0.5) is 10.2 Å². The van der Waals surface area contributed by atoms with Crippen molar-refractivity contribution in [2.24, 2.45) is 0 Å². The van der Waals surface area contributed by atoms with Crippen LogP contribution in [-0.4, -0.2) is 36.4 Å². The highest BCUT2D eigenvalue weighted by molar-refractivity contribution is 6.01. The molecule has 0 aliphatic heterocycles. The number of anilines is 1. The van der Waals surface area contributed by atoms with Gasteiger partial charge >= 0.3 is 0 Å². The fourth-order valence-corrected chi connectivity index (χ4v) is 3.31. The molecule has 0 aliphatic rings. The van der Waals surface area contributed by atoms with Crippen molar-refractivity contribution in [3.8, 4) is 17.3 Å². The number of pyridine rings is 1. The van der Waals surface area contributed by atoms with Gasteiger partial charge < -0.3 is 16.0 Å². The van der Waals surface area contributed by atoms with Crippen LogP contribution < -0.4 is 16.0 Å². The molecule has 1 aromatic heterocycles. The normalized spacial score (nSPS) is 11.2. The van der Waals surface area contributed by atoms with Gasteiger partial charge in [0.1, 0.15) is 17.7 Å². The lowest BCUT2D eigenvalue weighted by molar-refractivity contribution is -0.122. The molecule has 0 fully saturated rings. The lowest BCUT2D eigenvalue weighted by Crippen LogP contribution is -2.43. The Morgan fingerprint density at radius 1 is 1.12 bits per heavy atom. The number of benzene rings is 2. The number of nitrogens with one attached hydrogen (secondary N) is 3. The van der Waals surface area contributed by atoms with E-state index in [9.17, 15) is 19.2 Å². The number of carbonyl (C=O) groups is 2. The SMILES string of the molecule is CNC(=O)[C@@H](C)NC(=O)c1ccc(-c2ccccc2C#N)nc1NCCc1cccc(F)c1. The van der Waals surface area contributed by atoms with Gasteiger partial charge in [-0.1, -0.05) is 30.3 Å². The number of rotatable bonds is 8. The highest BCUT2D eigenvalue weighted by Crippen LogP contribution is 2.25. The van der Waals surface area contributed by atoms with Gasteiger partial charge in [0.15, 0.2) is 0 Å². The van der Waals surface area contributed by atoms with E-state index in [1.165, 1.54) is 19.2 Å². The molecule has 0 saturated heterocycles. The Bertz CT molecular complexity index is 1210.